The van der Waals surface area contributed by atoms with Crippen LogP contribution in [-0.2, 0) is 6.54 Å². The summed E-state index contributed by atoms with van der Waals surface area (Å²) in [6.07, 6.45) is 4.21. The Kier molecular flexibility index (Phi) is 4.55. The number of halogens is 1. The molecular formula is C18H20FN3O. The Morgan fingerprint density at radius 3 is 2.70 bits per heavy atom. The predicted molar refractivity (Wildman–Crippen MR) is 88.0 cm³/mol. The van der Waals surface area contributed by atoms with Crippen molar-refractivity contribution in [1.82, 2.24) is 10.3 Å². The summed E-state index contributed by atoms with van der Waals surface area (Å²) in [7, 11) is 0. The monoisotopic (exact) mass is 313 g/mol. The summed E-state index contributed by atoms with van der Waals surface area (Å²) in [5, 5.41) is 2.79. The van der Waals surface area contributed by atoms with Gasteiger partial charge < -0.3 is 10.2 Å². The van der Waals surface area contributed by atoms with Gasteiger partial charge in [-0.25, -0.2) is 9.37 Å². The summed E-state index contributed by atoms with van der Waals surface area (Å²) < 4.78 is 13.5. The van der Waals surface area contributed by atoms with Gasteiger partial charge in [0.05, 0.1) is 0 Å². The largest absolute Gasteiger partial charge is 0.357 e. The second-order valence-electron chi connectivity index (χ2n) is 5.87. The van der Waals surface area contributed by atoms with E-state index in [1.165, 1.54) is 18.9 Å². The van der Waals surface area contributed by atoms with Gasteiger partial charge in [-0.05, 0) is 49.1 Å². The van der Waals surface area contributed by atoms with Crippen molar-refractivity contribution < 1.29 is 9.18 Å². The van der Waals surface area contributed by atoms with Crippen LogP contribution in [0.5, 0.6) is 0 Å². The van der Waals surface area contributed by atoms with Crippen LogP contribution in [0.2, 0.25) is 0 Å². The number of amides is 1. The van der Waals surface area contributed by atoms with E-state index in [0.29, 0.717) is 17.7 Å². The first-order chi connectivity index (χ1) is 11.1. The van der Waals surface area contributed by atoms with E-state index in [4.69, 9.17) is 0 Å². The number of nitrogens with zero attached hydrogens (tertiary/aromatic N) is 2. The Bertz CT molecular complexity index is 694. The van der Waals surface area contributed by atoms with Crippen LogP contribution in [0.25, 0.3) is 0 Å². The molecule has 0 saturated carbocycles. The lowest BCUT2D eigenvalue weighted by atomic mass is 10.1. The van der Waals surface area contributed by atoms with Crippen molar-refractivity contribution in [1.29, 1.82) is 0 Å². The minimum atomic E-state index is -0.366. The normalized spacial score (nSPS) is 14.1. The molecule has 4 nitrogen and oxygen atoms in total. The van der Waals surface area contributed by atoms with E-state index < -0.39 is 0 Å². The first-order valence-corrected chi connectivity index (χ1v) is 7.88. The number of rotatable bonds is 4. The number of benzene rings is 1. The summed E-state index contributed by atoms with van der Waals surface area (Å²) in [4.78, 5) is 18.8. The number of hydrogen-bond donors (Lipinski definition) is 1. The number of pyridine rings is 1. The van der Waals surface area contributed by atoms with Crippen molar-refractivity contribution >= 4 is 11.7 Å². The number of anilines is 1. The molecule has 1 amide bonds. The van der Waals surface area contributed by atoms with Gasteiger partial charge in [-0.15, -0.1) is 0 Å². The number of nitrogens with one attached hydrogen (secondary N) is 1. The molecule has 0 unspecified atom stereocenters. The molecular weight excluding hydrogens is 293 g/mol. The van der Waals surface area contributed by atoms with Crippen molar-refractivity contribution in [3.8, 4) is 0 Å². The highest BCUT2D eigenvalue weighted by Gasteiger charge is 2.13. The molecule has 1 aromatic heterocycles. The number of aryl methyl sites for hydroxylation is 1. The molecule has 0 spiro atoms. The topological polar surface area (TPSA) is 45.2 Å². The molecule has 23 heavy (non-hydrogen) atoms. The van der Waals surface area contributed by atoms with Crippen LogP contribution < -0.4 is 10.2 Å². The van der Waals surface area contributed by atoms with Crippen LogP contribution in [0.15, 0.2) is 36.5 Å². The van der Waals surface area contributed by atoms with Crippen LogP contribution in [0.1, 0.15) is 34.3 Å². The fourth-order valence-corrected chi connectivity index (χ4v) is 2.67. The molecule has 0 radical (unpaired) electrons. The van der Waals surface area contributed by atoms with E-state index in [2.05, 4.69) is 15.2 Å². The molecule has 0 atom stereocenters. The molecule has 1 aromatic carbocycles. The van der Waals surface area contributed by atoms with E-state index in [0.717, 1.165) is 24.5 Å². The molecule has 1 fully saturated rings. The van der Waals surface area contributed by atoms with E-state index in [1.807, 2.05) is 12.1 Å². The van der Waals surface area contributed by atoms with Crippen LogP contribution in [0, 0.1) is 12.7 Å². The molecule has 0 aliphatic carbocycles. The zero-order valence-electron chi connectivity index (χ0n) is 13.2. The zero-order valence-corrected chi connectivity index (χ0v) is 13.2. The highest BCUT2D eigenvalue weighted by atomic mass is 19.1. The summed E-state index contributed by atoms with van der Waals surface area (Å²) in [6.45, 7) is 4.16. The summed E-state index contributed by atoms with van der Waals surface area (Å²) in [5.41, 5.74) is 1.78. The molecule has 1 aliphatic rings. The van der Waals surface area contributed by atoms with Crippen molar-refractivity contribution in [3.05, 3.63) is 59.0 Å². The number of aromatic nitrogens is 1. The summed E-state index contributed by atoms with van der Waals surface area (Å²) in [6, 6.07) is 8.45. The van der Waals surface area contributed by atoms with Gasteiger partial charge in [-0.3, -0.25) is 4.79 Å². The number of carbonyl (C=O) groups is 1. The van der Waals surface area contributed by atoms with Gasteiger partial charge in [0.25, 0.3) is 5.91 Å². The predicted octanol–water partition coefficient (Wildman–Crippen LogP) is 3.06. The minimum Gasteiger partial charge on any atom is -0.357 e. The molecule has 1 aliphatic heterocycles. The molecule has 1 saturated heterocycles. The van der Waals surface area contributed by atoms with Crippen molar-refractivity contribution in [2.45, 2.75) is 26.3 Å². The lowest BCUT2D eigenvalue weighted by Gasteiger charge is -2.16. The van der Waals surface area contributed by atoms with Crippen LogP contribution in [0.3, 0.4) is 0 Å². The molecule has 3 rings (SSSR count). The smallest absolute Gasteiger partial charge is 0.251 e. The van der Waals surface area contributed by atoms with Gasteiger partial charge in [0.2, 0.25) is 0 Å². The van der Waals surface area contributed by atoms with Crippen LogP contribution >= 0.6 is 0 Å². The van der Waals surface area contributed by atoms with E-state index in [1.54, 1.807) is 25.3 Å². The molecule has 120 valence electrons. The first kappa shape index (κ1) is 15.5. The van der Waals surface area contributed by atoms with Gasteiger partial charge in [0.1, 0.15) is 11.6 Å². The average Bonchev–Trinajstić information content (AvgIpc) is 3.10. The van der Waals surface area contributed by atoms with Crippen molar-refractivity contribution in [2.24, 2.45) is 0 Å². The lowest BCUT2D eigenvalue weighted by molar-refractivity contribution is 0.0950. The molecule has 5 heteroatoms. The Morgan fingerprint density at radius 2 is 2.04 bits per heavy atom. The number of carbonyl (C=O) groups excluding carboxylic acids is 1. The Labute approximate surface area is 135 Å². The molecule has 1 N–H and O–H groups in total. The Hall–Kier alpha value is -2.43. The fraction of sp³-hybridized carbons (Fsp3) is 0.333. The van der Waals surface area contributed by atoms with Crippen molar-refractivity contribution in [3.63, 3.8) is 0 Å². The third-order valence-electron chi connectivity index (χ3n) is 4.13. The maximum atomic E-state index is 13.5. The van der Waals surface area contributed by atoms with E-state index >= 15 is 0 Å². The molecule has 2 aromatic rings. The fourth-order valence-electron chi connectivity index (χ4n) is 2.67. The second kappa shape index (κ2) is 6.77. The third kappa shape index (κ3) is 3.67. The zero-order chi connectivity index (χ0) is 16.2. The van der Waals surface area contributed by atoms with Gasteiger partial charge in [-0.2, -0.15) is 0 Å². The van der Waals surface area contributed by atoms with Gasteiger partial charge in [0.15, 0.2) is 0 Å². The summed E-state index contributed by atoms with van der Waals surface area (Å²) in [5.74, 6) is 0.333. The van der Waals surface area contributed by atoms with Gasteiger partial charge in [0, 0.05) is 31.4 Å². The second-order valence-corrected chi connectivity index (χ2v) is 5.87. The van der Waals surface area contributed by atoms with Crippen LogP contribution in [-0.4, -0.2) is 24.0 Å². The Balaban J connectivity index is 1.59. The standard InChI is InChI=1S/C18H20FN3O/c1-13-4-6-15(10-16(13)19)18(23)21-12-14-5-7-17(20-11-14)22-8-2-3-9-22/h4-7,10-11H,2-3,8-9,12H2,1H3,(H,21,23). The SMILES string of the molecule is Cc1ccc(C(=O)NCc2ccc(N3CCCC3)nc2)cc1F. The van der Waals surface area contributed by atoms with E-state index in [9.17, 15) is 9.18 Å². The highest BCUT2D eigenvalue weighted by molar-refractivity contribution is 5.94. The average molecular weight is 313 g/mol. The highest BCUT2D eigenvalue weighted by Crippen LogP contribution is 2.17. The molecule has 2 heterocycles. The van der Waals surface area contributed by atoms with Crippen molar-refractivity contribution in [2.75, 3.05) is 18.0 Å². The lowest BCUT2D eigenvalue weighted by Crippen LogP contribution is -2.23. The quantitative estimate of drug-likeness (QED) is 0.943. The van der Waals surface area contributed by atoms with E-state index in [-0.39, 0.29) is 11.7 Å². The number of hydrogen-bond acceptors (Lipinski definition) is 3. The van der Waals surface area contributed by atoms with Gasteiger partial charge in [-0.1, -0.05) is 12.1 Å². The third-order valence-corrected chi connectivity index (χ3v) is 4.13. The summed E-state index contributed by atoms with van der Waals surface area (Å²) >= 11 is 0. The minimum absolute atomic E-state index is 0.285. The van der Waals surface area contributed by atoms with Crippen LogP contribution in [0.4, 0.5) is 10.2 Å². The molecule has 0 bridgehead atoms. The maximum Gasteiger partial charge on any atom is 0.251 e. The Morgan fingerprint density at radius 1 is 1.26 bits per heavy atom. The maximum absolute atomic E-state index is 13.5. The van der Waals surface area contributed by atoms with Gasteiger partial charge >= 0.3 is 0 Å². The first-order valence-electron chi connectivity index (χ1n) is 7.88.